The highest BCUT2D eigenvalue weighted by molar-refractivity contribution is 5.93. The smallest absolute Gasteiger partial charge is 0.153 e. The number of H-pyrrole nitrogens is 1. The standard InChI is InChI=1S/C18H20N4O/c1-18(2)9-14-12(10-23-18)15-16(21-22-17(15)19)13(20-14)8-11-6-4-3-5-7-11/h3-7H,8-10H2,1-2H3,(H3,19,21,22). The van der Waals surface area contributed by atoms with Crippen molar-refractivity contribution < 1.29 is 4.74 Å². The Balaban J connectivity index is 1.88. The molecule has 1 aliphatic rings. The van der Waals surface area contributed by atoms with Gasteiger partial charge in [-0.2, -0.15) is 5.10 Å². The highest BCUT2D eigenvalue weighted by Crippen LogP contribution is 2.34. The van der Waals surface area contributed by atoms with Crippen molar-refractivity contribution in [2.75, 3.05) is 5.73 Å². The topological polar surface area (TPSA) is 76.8 Å². The molecule has 3 heterocycles. The van der Waals surface area contributed by atoms with Crippen LogP contribution < -0.4 is 5.73 Å². The largest absolute Gasteiger partial charge is 0.382 e. The number of ether oxygens (including phenoxy) is 1. The molecular formula is C18H20N4O. The summed E-state index contributed by atoms with van der Waals surface area (Å²) in [5, 5.41) is 8.22. The van der Waals surface area contributed by atoms with E-state index in [1.54, 1.807) is 0 Å². The van der Waals surface area contributed by atoms with E-state index in [2.05, 4.69) is 36.2 Å². The average Bonchev–Trinajstić information content (AvgIpc) is 2.90. The normalized spacial score (nSPS) is 16.4. The lowest BCUT2D eigenvalue weighted by atomic mass is 9.93. The summed E-state index contributed by atoms with van der Waals surface area (Å²) in [7, 11) is 0. The second-order valence-corrected chi connectivity index (χ2v) is 6.73. The second kappa shape index (κ2) is 5.06. The van der Waals surface area contributed by atoms with E-state index in [-0.39, 0.29) is 5.60 Å². The number of anilines is 1. The number of hydrogen-bond donors (Lipinski definition) is 2. The molecule has 0 atom stereocenters. The van der Waals surface area contributed by atoms with Gasteiger partial charge >= 0.3 is 0 Å². The van der Waals surface area contributed by atoms with Gasteiger partial charge in [-0.3, -0.25) is 10.1 Å². The first-order valence-electron chi connectivity index (χ1n) is 7.85. The zero-order chi connectivity index (χ0) is 16.0. The molecule has 0 radical (unpaired) electrons. The van der Waals surface area contributed by atoms with Crippen molar-refractivity contribution in [1.82, 2.24) is 15.2 Å². The van der Waals surface area contributed by atoms with Crippen LogP contribution in [0, 0.1) is 0 Å². The number of fused-ring (bicyclic) bond motifs is 3. The van der Waals surface area contributed by atoms with Gasteiger partial charge < -0.3 is 10.5 Å². The van der Waals surface area contributed by atoms with E-state index in [0.29, 0.717) is 12.4 Å². The third-order valence-electron chi connectivity index (χ3n) is 4.42. The van der Waals surface area contributed by atoms with Crippen LogP contribution in [0.3, 0.4) is 0 Å². The number of nitrogen functional groups attached to an aromatic ring is 1. The number of aromatic amines is 1. The minimum Gasteiger partial charge on any atom is -0.382 e. The Morgan fingerprint density at radius 3 is 2.83 bits per heavy atom. The van der Waals surface area contributed by atoms with Crippen LogP contribution in [0.25, 0.3) is 10.9 Å². The van der Waals surface area contributed by atoms with Crippen LogP contribution in [0.1, 0.15) is 36.4 Å². The van der Waals surface area contributed by atoms with Crippen LogP contribution in [0.2, 0.25) is 0 Å². The van der Waals surface area contributed by atoms with Crippen molar-refractivity contribution >= 4 is 16.7 Å². The molecule has 0 aliphatic carbocycles. The predicted octanol–water partition coefficient (Wildman–Crippen LogP) is 2.98. The van der Waals surface area contributed by atoms with E-state index >= 15 is 0 Å². The minimum atomic E-state index is -0.198. The minimum absolute atomic E-state index is 0.198. The number of aromatic nitrogens is 3. The van der Waals surface area contributed by atoms with E-state index in [1.807, 2.05) is 18.2 Å². The van der Waals surface area contributed by atoms with Gasteiger partial charge in [0.25, 0.3) is 0 Å². The Labute approximate surface area is 134 Å². The molecule has 2 aromatic heterocycles. The molecule has 0 saturated carbocycles. The number of nitrogens with zero attached hydrogens (tertiary/aromatic N) is 2. The summed E-state index contributed by atoms with van der Waals surface area (Å²) in [6.45, 7) is 4.72. The van der Waals surface area contributed by atoms with Gasteiger partial charge in [0.05, 0.1) is 28.8 Å². The molecule has 0 amide bonds. The van der Waals surface area contributed by atoms with Gasteiger partial charge in [-0.1, -0.05) is 30.3 Å². The van der Waals surface area contributed by atoms with Crippen molar-refractivity contribution in [3.05, 3.63) is 52.8 Å². The summed E-state index contributed by atoms with van der Waals surface area (Å²) in [5.41, 5.74) is 11.2. The van der Waals surface area contributed by atoms with Gasteiger partial charge in [-0.25, -0.2) is 0 Å². The van der Waals surface area contributed by atoms with E-state index in [1.165, 1.54) is 5.56 Å². The Kier molecular flexibility index (Phi) is 3.13. The van der Waals surface area contributed by atoms with Crippen molar-refractivity contribution in [2.45, 2.75) is 38.9 Å². The maximum Gasteiger partial charge on any atom is 0.153 e. The molecule has 118 valence electrons. The van der Waals surface area contributed by atoms with Crippen LogP contribution in [-0.4, -0.2) is 20.8 Å². The number of benzene rings is 1. The van der Waals surface area contributed by atoms with E-state index < -0.39 is 0 Å². The summed E-state index contributed by atoms with van der Waals surface area (Å²) in [5.74, 6) is 0.524. The average molecular weight is 308 g/mol. The molecule has 3 aromatic rings. The van der Waals surface area contributed by atoms with Gasteiger partial charge in [-0.15, -0.1) is 0 Å². The molecule has 0 unspecified atom stereocenters. The SMILES string of the molecule is CC1(C)Cc2nc(Cc3ccccc3)c3[nH]nc(N)c3c2CO1. The van der Waals surface area contributed by atoms with Crippen molar-refractivity contribution in [1.29, 1.82) is 0 Å². The van der Waals surface area contributed by atoms with Crippen LogP contribution in [0.15, 0.2) is 30.3 Å². The van der Waals surface area contributed by atoms with Crippen molar-refractivity contribution in [3.8, 4) is 0 Å². The second-order valence-electron chi connectivity index (χ2n) is 6.73. The van der Waals surface area contributed by atoms with Crippen molar-refractivity contribution in [2.24, 2.45) is 0 Å². The number of nitrogens with one attached hydrogen (secondary N) is 1. The fourth-order valence-electron chi connectivity index (χ4n) is 3.24. The van der Waals surface area contributed by atoms with Crippen LogP contribution in [0.5, 0.6) is 0 Å². The van der Waals surface area contributed by atoms with Gasteiger partial charge in [-0.05, 0) is 19.4 Å². The highest BCUT2D eigenvalue weighted by atomic mass is 16.5. The molecule has 1 aromatic carbocycles. The zero-order valence-corrected chi connectivity index (χ0v) is 13.4. The third-order valence-corrected chi connectivity index (χ3v) is 4.42. The molecule has 0 fully saturated rings. The molecule has 5 nitrogen and oxygen atoms in total. The Morgan fingerprint density at radius 2 is 2.04 bits per heavy atom. The summed E-state index contributed by atoms with van der Waals surface area (Å²) in [6, 6.07) is 10.3. The molecule has 0 saturated heterocycles. The lowest BCUT2D eigenvalue weighted by molar-refractivity contribution is -0.0406. The fourth-order valence-corrected chi connectivity index (χ4v) is 3.24. The zero-order valence-electron chi connectivity index (χ0n) is 13.4. The first-order chi connectivity index (χ1) is 11.0. The monoisotopic (exact) mass is 308 g/mol. The Hall–Kier alpha value is -2.40. The van der Waals surface area contributed by atoms with Crippen molar-refractivity contribution in [3.63, 3.8) is 0 Å². The number of rotatable bonds is 2. The number of pyridine rings is 1. The maximum atomic E-state index is 6.10. The quantitative estimate of drug-likeness (QED) is 0.763. The number of nitrogens with two attached hydrogens (primary N) is 1. The lowest BCUT2D eigenvalue weighted by Gasteiger charge is -2.31. The molecule has 1 aliphatic heterocycles. The van der Waals surface area contributed by atoms with Gasteiger partial charge in [0, 0.05) is 24.1 Å². The van der Waals surface area contributed by atoms with Crippen LogP contribution >= 0.6 is 0 Å². The summed E-state index contributed by atoms with van der Waals surface area (Å²) in [6.07, 6.45) is 1.54. The van der Waals surface area contributed by atoms with Gasteiger partial charge in [0.2, 0.25) is 0 Å². The molecule has 0 bridgehead atoms. The third kappa shape index (κ3) is 2.47. The first-order valence-corrected chi connectivity index (χ1v) is 7.85. The van der Waals surface area contributed by atoms with E-state index in [9.17, 15) is 0 Å². The number of hydrogen-bond acceptors (Lipinski definition) is 4. The molecule has 3 N–H and O–H groups in total. The van der Waals surface area contributed by atoms with Crippen LogP contribution in [0.4, 0.5) is 5.82 Å². The van der Waals surface area contributed by atoms with E-state index in [4.69, 9.17) is 15.5 Å². The Bertz CT molecular complexity index is 868. The van der Waals surface area contributed by atoms with E-state index in [0.717, 1.165) is 40.7 Å². The molecule has 5 heteroatoms. The summed E-state index contributed by atoms with van der Waals surface area (Å²) in [4.78, 5) is 4.94. The fraction of sp³-hybridized carbons (Fsp3) is 0.333. The molecule has 0 spiro atoms. The molecular weight excluding hydrogens is 288 g/mol. The first kappa shape index (κ1) is 14.2. The maximum absolute atomic E-state index is 6.10. The highest BCUT2D eigenvalue weighted by Gasteiger charge is 2.30. The lowest BCUT2D eigenvalue weighted by Crippen LogP contribution is -2.33. The molecule has 4 rings (SSSR count). The van der Waals surface area contributed by atoms with Gasteiger partial charge in [0.15, 0.2) is 5.82 Å². The summed E-state index contributed by atoms with van der Waals surface area (Å²) >= 11 is 0. The van der Waals surface area contributed by atoms with Gasteiger partial charge in [0.1, 0.15) is 0 Å². The Morgan fingerprint density at radius 1 is 1.26 bits per heavy atom. The molecule has 23 heavy (non-hydrogen) atoms. The predicted molar refractivity (Wildman–Crippen MR) is 90.1 cm³/mol. The van der Waals surface area contributed by atoms with Crippen LogP contribution in [-0.2, 0) is 24.2 Å². The summed E-state index contributed by atoms with van der Waals surface area (Å²) < 4.78 is 5.95.